The van der Waals surface area contributed by atoms with Gasteiger partial charge in [-0.05, 0) is 60.9 Å². The molecule has 1 atom stereocenters. The lowest BCUT2D eigenvalue weighted by Crippen LogP contribution is -2.43. The maximum absolute atomic E-state index is 13.5. The summed E-state index contributed by atoms with van der Waals surface area (Å²) >= 11 is 0. The van der Waals surface area contributed by atoms with Gasteiger partial charge >= 0.3 is 16.1 Å². The van der Waals surface area contributed by atoms with E-state index in [1.165, 1.54) is 31.4 Å². The van der Waals surface area contributed by atoms with E-state index in [0.717, 1.165) is 18.9 Å². The van der Waals surface area contributed by atoms with E-state index < -0.39 is 33.5 Å². The number of methoxy groups -OCH3 is 1. The average molecular weight is 654 g/mol. The number of unbranched alkanes of at least 4 members (excludes halogenated alkanes) is 1. The number of hydrogen-bond acceptors (Lipinski definition) is 10. The van der Waals surface area contributed by atoms with Crippen LogP contribution in [0.4, 0.5) is 5.69 Å². The van der Waals surface area contributed by atoms with Gasteiger partial charge in [-0.1, -0.05) is 39.2 Å². The molecule has 0 saturated heterocycles. The van der Waals surface area contributed by atoms with Crippen molar-refractivity contribution in [2.45, 2.75) is 51.6 Å². The topological polar surface area (TPSA) is 211 Å². The van der Waals surface area contributed by atoms with E-state index in [1.54, 1.807) is 24.3 Å². The molecule has 0 aliphatic carbocycles. The van der Waals surface area contributed by atoms with Crippen LogP contribution in [0.3, 0.4) is 0 Å². The van der Waals surface area contributed by atoms with Crippen LogP contribution >= 0.6 is 0 Å². The molecule has 0 saturated carbocycles. The Kier molecular flexibility index (Phi) is 12.0. The quantitative estimate of drug-likeness (QED) is 0.0908. The number of amides is 2. The second-order valence-corrected chi connectivity index (χ2v) is 12.4. The number of carbonyl (C=O) groups is 3. The van der Waals surface area contributed by atoms with Crippen molar-refractivity contribution in [3.8, 4) is 17.0 Å². The van der Waals surface area contributed by atoms with Crippen LogP contribution in [0, 0.1) is 5.41 Å². The first-order valence-electron chi connectivity index (χ1n) is 14.6. The Morgan fingerprint density at radius 1 is 0.957 bits per heavy atom. The van der Waals surface area contributed by atoms with Gasteiger partial charge in [-0.25, -0.2) is 9.78 Å². The number of nitrogens with zero attached hydrogens (tertiary/aromatic N) is 1. The van der Waals surface area contributed by atoms with Crippen molar-refractivity contribution in [1.29, 1.82) is 5.41 Å². The van der Waals surface area contributed by atoms with Gasteiger partial charge in [0.1, 0.15) is 11.5 Å². The number of aromatic nitrogens is 1. The zero-order valence-electron chi connectivity index (χ0n) is 26.2. The first-order chi connectivity index (χ1) is 21.7. The standard InChI is InChI=1S/C32H39N5O8S/c1-5-7-17-32(41,16-6-2)19-35-29(38)21-10-13-23(25(18-21)31(40)45-46(4,42)43)24-14-15-26(44-3)37-27(24)30(39)36-22-11-8-20(9-12-22)28(33)34/h8-15,18,41H,5-7,16-17,19H2,1-4H3,(H3,33,34)(H,35,38)(H,36,39). The molecule has 0 aliphatic rings. The Morgan fingerprint density at radius 2 is 1.61 bits per heavy atom. The summed E-state index contributed by atoms with van der Waals surface area (Å²) in [5.74, 6) is -2.64. The van der Waals surface area contributed by atoms with Crippen molar-refractivity contribution in [1.82, 2.24) is 10.3 Å². The fourth-order valence-corrected chi connectivity index (χ4v) is 5.12. The molecule has 0 fully saturated rings. The number of anilines is 1. The summed E-state index contributed by atoms with van der Waals surface area (Å²) < 4.78 is 33.7. The Morgan fingerprint density at radius 3 is 2.20 bits per heavy atom. The zero-order valence-corrected chi connectivity index (χ0v) is 27.0. The Labute approximate surface area is 268 Å². The van der Waals surface area contributed by atoms with Crippen molar-refractivity contribution in [2.24, 2.45) is 5.73 Å². The smallest absolute Gasteiger partial charge is 0.354 e. The highest BCUT2D eigenvalue weighted by atomic mass is 32.2. The van der Waals surface area contributed by atoms with Gasteiger partial charge in [-0.15, -0.1) is 0 Å². The van der Waals surface area contributed by atoms with Crippen molar-refractivity contribution in [2.75, 3.05) is 25.2 Å². The molecule has 0 bridgehead atoms. The van der Waals surface area contributed by atoms with Gasteiger partial charge in [0.15, 0.2) is 0 Å². The van der Waals surface area contributed by atoms with Gasteiger partial charge in [0, 0.05) is 35.0 Å². The number of aliphatic hydroxyl groups is 1. The van der Waals surface area contributed by atoms with E-state index in [2.05, 4.69) is 19.8 Å². The summed E-state index contributed by atoms with van der Waals surface area (Å²) in [4.78, 5) is 44.2. The minimum atomic E-state index is -4.26. The van der Waals surface area contributed by atoms with E-state index in [9.17, 15) is 27.9 Å². The fourth-order valence-electron chi connectivity index (χ4n) is 4.76. The van der Waals surface area contributed by atoms with Crippen LogP contribution < -0.4 is 21.1 Å². The number of nitrogen functional groups attached to an aromatic ring is 1. The first-order valence-corrected chi connectivity index (χ1v) is 16.4. The SMILES string of the molecule is CCCCC(O)(CCC)CNC(=O)c1ccc(-c2ccc(OC)nc2C(=O)Nc2ccc(C(=N)N)cc2)c(C(=O)OS(C)(=O)=O)c1. The molecular weight excluding hydrogens is 614 g/mol. The molecule has 3 aromatic rings. The predicted molar refractivity (Wildman–Crippen MR) is 174 cm³/mol. The number of amidine groups is 1. The molecule has 13 nitrogen and oxygen atoms in total. The lowest BCUT2D eigenvalue weighted by Gasteiger charge is -2.28. The molecule has 1 unspecified atom stereocenters. The summed E-state index contributed by atoms with van der Waals surface area (Å²) in [5, 5.41) is 24.0. The van der Waals surface area contributed by atoms with Gasteiger partial charge in [-0.3, -0.25) is 15.0 Å². The van der Waals surface area contributed by atoms with Gasteiger partial charge in [0.2, 0.25) is 5.88 Å². The van der Waals surface area contributed by atoms with Crippen LogP contribution in [0.25, 0.3) is 11.1 Å². The molecule has 46 heavy (non-hydrogen) atoms. The first kappa shape index (κ1) is 35.7. The monoisotopic (exact) mass is 653 g/mol. The number of hydrogen-bond donors (Lipinski definition) is 5. The van der Waals surface area contributed by atoms with E-state index >= 15 is 0 Å². The molecule has 3 rings (SSSR count). The summed E-state index contributed by atoms with van der Waals surface area (Å²) in [6.07, 6.45) is 4.05. The lowest BCUT2D eigenvalue weighted by molar-refractivity contribution is 0.0200. The van der Waals surface area contributed by atoms with E-state index in [4.69, 9.17) is 15.9 Å². The van der Waals surface area contributed by atoms with Crippen LogP contribution in [0.5, 0.6) is 5.88 Å². The molecule has 2 aromatic carbocycles. The highest BCUT2D eigenvalue weighted by molar-refractivity contribution is 7.86. The van der Waals surface area contributed by atoms with Crippen molar-refractivity contribution >= 4 is 39.4 Å². The van der Waals surface area contributed by atoms with Crippen LogP contribution in [0.2, 0.25) is 0 Å². The van der Waals surface area contributed by atoms with Crippen LogP contribution in [0.15, 0.2) is 54.6 Å². The molecule has 0 radical (unpaired) electrons. The number of nitrogens with one attached hydrogen (secondary N) is 3. The Hall–Kier alpha value is -4.82. The highest BCUT2D eigenvalue weighted by Crippen LogP contribution is 2.31. The van der Waals surface area contributed by atoms with Gasteiger partial charge in [-0.2, -0.15) is 8.42 Å². The summed E-state index contributed by atoms with van der Waals surface area (Å²) in [6.45, 7) is 3.92. The fraction of sp³-hybridized carbons (Fsp3) is 0.344. The average Bonchev–Trinajstić information content (AvgIpc) is 3.01. The third kappa shape index (κ3) is 9.59. The number of benzene rings is 2. The van der Waals surface area contributed by atoms with Crippen molar-refractivity contribution < 1.29 is 36.8 Å². The van der Waals surface area contributed by atoms with Gasteiger partial charge in [0.25, 0.3) is 11.8 Å². The van der Waals surface area contributed by atoms with E-state index in [1.807, 2.05) is 13.8 Å². The molecule has 2 amide bonds. The van der Waals surface area contributed by atoms with Crippen LogP contribution in [-0.4, -0.2) is 67.6 Å². The molecular formula is C32H39N5O8S. The van der Waals surface area contributed by atoms with Crippen molar-refractivity contribution in [3.63, 3.8) is 0 Å². The van der Waals surface area contributed by atoms with Crippen LogP contribution in [0.1, 0.15) is 82.7 Å². The maximum Gasteiger partial charge on any atom is 0.354 e. The lowest BCUT2D eigenvalue weighted by atomic mass is 9.91. The molecule has 1 heterocycles. The Bertz CT molecular complexity index is 1710. The van der Waals surface area contributed by atoms with Crippen molar-refractivity contribution in [3.05, 3.63) is 77.0 Å². The Balaban J connectivity index is 2.06. The third-order valence-corrected chi connectivity index (χ3v) is 7.51. The highest BCUT2D eigenvalue weighted by Gasteiger charge is 2.28. The largest absolute Gasteiger partial charge is 0.481 e. The minimum absolute atomic E-state index is 0.00317. The molecule has 1 aromatic heterocycles. The summed E-state index contributed by atoms with van der Waals surface area (Å²) in [5.41, 5.74) is 4.87. The van der Waals surface area contributed by atoms with Gasteiger partial charge < -0.3 is 30.4 Å². The van der Waals surface area contributed by atoms with E-state index in [0.29, 0.717) is 36.8 Å². The number of ether oxygens (including phenoxy) is 1. The molecule has 14 heteroatoms. The second kappa shape index (κ2) is 15.5. The number of pyridine rings is 1. The third-order valence-electron chi connectivity index (χ3n) is 7.06. The number of carbonyl (C=O) groups excluding carboxylic acids is 3. The molecule has 0 aliphatic heterocycles. The summed E-state index contributed by atoms with van der Waals surface area (Å²) in [6, 6.07) is 13.0. The molecule has 246 valence electrons. The maximum atomic E-state index is 13.5. The number of rotatable bonds is 15. The predicted octanol–water partition coefficient (Wildman–Crippen LogP) is 3.86. The molecule has 0 spiro atoms. The zero-order chi connectivity index (χ0) is 34.1. The summed E-state index contributed by atoms with van der Waals surface area (Å²) in [7, 11) is -2.90. The van der Waals surface area contributed by atoms with Gasteiger partial charge in [0.05, 0.1) is 24.5 Å². The molecule has 6 N–H and O–H groups in total. The van der Waals surface area contributed by atoms with Crippen LogP contribution in [-0.2, 0) is 14.3 Å². The minimum Gasteiger partial charge on any atom is -0.481 e. The second-order valence-electron chi connectivity index (χ2n) is 10.8. The van der Waals surface area contributed by atoms with E-state index in [-0.39, 0.29) is 46.2 Å². The number of nitrogens with two attached hydrogens (primary N) is 1. The normalized spacial score (nSPS) is 12.5.